The number of anilines is 3. The summed E-state index contributed by atoms with van der Waals surface area (Å²) in [5.74, 6) is 0.580. The maximum Gasteiger partial charge on any atom is 0.267 e. The summed E-state index contributed by atoms with van der Waals surface area (Å²) in [6.45, 7) is 4.94. The van der Waals surface area contributed by atoms with Gasteiger partial charge in [0.2, 0.25) is 5.91 Å². The first-order valence-corrected chi connectivity index (χ1v) is 12.3. The Labute approximate surface area is 207 Å². The standard InChI is InChI=1S/C23H26ClN7O2S/c1-15-5-2-6-17(24)21(15)30-22(33)18-13-26-23(34-18)29-19-11-16(27-14-28-19)12-25-8-4-10-31-9-3-7-20(31)32/h2,5-6,11,13-14,25H,3-4,7-10,12H2,1H3,(H,30,33)(H,26,27,28,29). The molecule has 1 aromatic carbocycles. The molecule has 178 valence electrons. The number of likely N-dealkylation sites (tertiary alicyclic amines) is 1. The lowest BCUT2D eigenvalue weighted by atomic mass is 10.2. The minimum absolute atomic E-state index is 0.258. The number of carbonyl (C=O) groups excluding carboxylic acids is 2. The monoisotopic (exact) mass is 499 g/mol. The predicted molar refractivity (Wildman–Crippen MR) is 134 cm³/mol. The van der Waals surface area contributed by atoms with Gasteiger partial charge >= 0.3 is 0 Å². The second-order valence-corrected chi connectivity index (χ2v) is 9.39. The van der Waals surface area contributed by atoms with E-state index in [2.05, 4.69) is 30.9 Å². The van der Waals surface area contributed by atoms with Crippen molar-refractivity contribution in [2.45, 2.75) is 32.7 Å². The third-order valence-corrected chi connectivity index (χ3v) is 6.63. The van der Waals surface area contributed by atoms with Crippen LogP contribution in [0.25, 0.3) is 0 Å². The van der Waals surface area contributed by atoms with Gasteiger partial charge in [0.05, 0.1) is 22.6 Å². The molecule has 1 aliphatic heterocycles. The van der Waals surface area contributed by atoms with Gasteiger partial charge in [0.1, 0.15) is 17.0 Å². The van der Waals surface area contributed by atoms with Gasteiger partial charge in [-0.15, -0.1) is 0 Å². The molecule has 0 saturated carbocycles. The maximum atomic E-state index is 12.6. The SMILES string of the molecule is Cc1cccc(Cl)c1NC(=O)c1cnc(Nc2cc(CNCCCN3CCCC3=O)ncn2)s1. The number of thiazole rings is 1. The van der Waals surface area contributed by atoms with E-state index in [4.69, 9.17) is 11.6 Å². The number of nitrogens with one attached hydrogen (secondary N) is 3. The molecular formula is C23H26ClN7O2S. The lowest BCUT2D eigenvalue weighted by Crippen LogP contribution is -2.28. The topological polar surface area (TPSA) is 112 Å². The average molecular weight is 500 g/mol. The fraction of sp³-hybridized carbons (Fsp3) is 0.348. The molecule has 0 bridgehead atoms. The summed E-state index contributed by atoms with van der Waals surface area (Å²) in [6, 6.07) is 7.30. The number of hydrogen-bond donors (Lipinski definition) is 3. The number of aryl methyl sites for hydroxylation is 1. The summed E-state index contributed by atoms with van der Waals surface area (Å²) < 4.78 is 0. The van der Waals surface area contributed by atoms with Gasteiger partial charge in [0.25, 0.3) is 5.91 Å². The molecule has 3 aromatic rings. The van der Waals surface area contributed by atoms with Gasteiger partial charge < -0.3 is 20.9 Å². The zero-order chi connectivity index (χ0) is 23.9. The van der Waals surface area contributed by atoms with Crippen molar-refractivity contribution >= 4 is 51.4 Å². The molecule has 4 rings (SSSR count). The van der Waals surface area contributed by atoms with E-state index < -0.39 is 0 Å². The summed E-state index contributed by atoms with van der Waals surface area (Å²) in [7, 11) is 0. The number of para-hydroxylation sites is 1. The zero-order valence-electron chi connectivity index (χ0n) is 18.8. The number of nitrogens with zero attached hydrogens (tertiary/aromatic N) is 4. The highest BCUT2D eigenvalue weighted by molar-refractivity contribution is 7.17. The Bertz CT molecular complexity index is 1150. The van der Waals surface area contributed by atoms with Crippen LogP contribution in [0.3, 0.4) is 0 Å². The van der Waals surface area contributed by atoms with Crippen LogP contribution in [-0.2, 0) is 11.3 Å². The number of rotatable bonds is 10. The van der Waals surface area contributed by atoms with E-state index in [9.17, 15) is 9.59 Å². The van der Waals surface area contributed by atoms with Crippen molar-refractivity contribution in [2.24, 2.45) is 0 Å². The Balaban J connectivity index is 1.27. The minimum atomic E-state index is -0.273. The summed E-state index contributed by atoms with van der Waals surface area (Å²) in [5, 5.41) is 10.4. The van der Waals surface area contributed by atoms with E-state index in [0.717, 1.165) is 43.7 Å². The van der Waals surface area contributed by atoms with Crippen molar-refractivity contribution in [3.8, 4) is 0 Å². The van der Waals surface area contributed by atoms with Crippen LogP contribution in [0.2, 0.25) is 5.02 Å². The van der Waals surface area contributed by atoms with Crippen LogP contribution in [0.15, 0.2) is 36.8 Å². The second-order valence-electron chi connectivity index (χ2n) is 7.95. The van der Waals surface area contributed by atoms with Crippen LogP contribution in [0.5, 0.6) is 0 Å². The van der Waals surface area contributed by atoms with E-state index in [1.165, 1.54) is 23.9 Å². The van der Waals surface area contributed by atoms with Crippen molar-refractivity contribution in [3.63, 3.8) is 0 Å². The van der Waals surface area contributed by atoms with Gasteiger partial charge in [-0.25, -0.2) is 15.0 Å². The van der Waals surface area contributed by atoms with Gasteiger partial charge in [0, 0.05) is 32.1 Å². The third-order valence-electron chi connectivity index (χ3n) is 5.41. The first-order valence-electron chi connectivity index (χ1n) is 11.1. The van der Waals surface area contributed by atoms with Crippen LogP contribution < -0.4 is 16.0 Å². The van der Waals surface area contributed by atoms with Gasteiger partial charge in [-0.2, -0.15) is 0 Å². The largest absolute Gasteiger partial charge is 0.343 e. The first kappa shape index (κ1) is 24.1. The van der Waals surface area contributed by atoms with Crippen LogP contribution in [0.1, 0.15) is 40.2 Å². The smallest absolute Gasteiger partial charge is 0.267 e. The lowest BCUT2D eigenvalue weighted by Gasteiger charge is -2.15. The second kappa shape index (κ2) is 11.4. The minimum Gasteiger partial charge on any atom is -0.343 e. The maximum absolute atomic E-state index is 12.6. The van der Waals surface area contributed by atoms with Crippen LogP contribution in [0.4, 0.5) is 16.6 Å². The predicted octanol–water partition coefficient (Wildman–Crippen LogP) is 3.99. The summed E-state index contributed by atoms with van der Waals surface area (Å²) >= 11 is 7.43. The Morgan fingerprint density at radius 2 is 2.15 bits per heavy atom. The molecular weight excluding hydrogens is 474 g/mol. The van der Waals surface area contributed by atoms with Crippen molar-refractivity contribution in [1.29, 1.82) is 0 Å². The number of aromatic nitrogens is 3. The molecule has 1 saturated heterocycles. The molecule has 0 atom stereocenters. The van der Waals surface area contributed by atoms with Crippen LogP contribution >= 0.6 is 22.9 Å². The number of benzene rings is 1. The highest BCUT2D eigenvalue weighted by atomic mass is 35.5. The third kappa shape index (κ3) is 6.28. The Morgan fingerprint density at radius 1 is 1.26 bits per heavy atom. The first-order chi connectivity index (χ1) is 16.5. The van der Waals surface area contributed by atoms with Gasteiger partial charge in [-0.3, -0.25) is 9.59 Å². The Hall–Kier alpha value is -3.08. The van der Waals surface area contributed by atoms with Crippen LogP contribution in [-0.4, -0.2) is 51.3 Å². The molecule has 1 aliphatic rings. The molecule has 34 heavy (non-hydrogen) atoms. The normalized spacial score (nSPS) is 13.4. The van der Waals surface area contributed by atoms with Gasteiger partial charge in [-0.05, 0) is 37.9 Å². The van der Waals surface area contributed by atoms with Crippen molar-refractivity contribution < 1.29 is 9.59 Å². The van der Waals surface area contributed by atoms with Crippen molar-refractivity contribution in [3.05, 3.63) is 57.9 Å². The molecule has 0 aliphatic carbocycles. The molecule has 0 radical (unpaired) electrons. The van der Waals surface area contributed by atoms with Crippen LogP contribution in [0, 0.1) is 6.92 Å². The van der Waals surface area contributed by atoms with Crippen molar-refractivity contribution in [1.82, 2.24) is 25.2 Å². The number of carbonyl (C=O) groups is 2. The molecule has 11 heteroatoms. The quantitative estimate of drug-likeness (QED) is 0.361. The molecule has 1 fully saturated rings. The molecule has 3 N–H and O–H groups in total. The number of halogens is 1. The van der Waals surface area contributed by atoms with E-state index in [1.54, 1.807) is 6.07 Å². The van der Waals surface area contributed by atoms with E-state index in [1.807, 2.05) is 30.0 Å². The van der Waals surface area contributed by atoms with E-state index in [0.29, 0.717) is 39.5 Å². The highest BCUT2D eigenvalue weighted by Gasteiger charge is 2.19. The van der Waals surface area contributed by atoms with E-state index >= 15 is 0 Å². The fourth-order valence-corrected chi connectivity index (χ4v) is 4.61. The molecule has 2 amide bonds. The molecule has 9 nitrogen and oxygen atoms in total. The van der Waals surface area contributed by atoms with Gasteiger partial charge in [0.15, 0.2) is 5.13 Å². The number of hydrogen-bond acceptors (Lipinski definition) is 8. The molecule has 0 unspecified atom stereocenters. The summed E-state index contributed by atoms with van der Waals surface area (Å²) in [5.41, 5.74) is 2.31. The average Bonchev–Trinajstić information content (AvgIpc) is 3.45. The fourth-order valence-electron chi connectivity index (χ4n) is 3.63. The van der Waals surface area contributed by atoms with E-state index in [-0.39, 0.29) is 11.8 Å². The molecule has 3 heterocycles. The summed E-state index contributed by atoms with van der Waals surface area (Å²) in [6.07, 6.45) is 5.55. The summed E-state index contributed by atoms with van der Waals surface area (Å²) in [4.78, 5) is 39.5. The Kier molecular flexibility index (Phi) is 8.04. The lowest BCUT2D eigenvalue weighted by molar-refractivity contribution is -0.127. The van der Waals surface area contributed by atoms with Crippen molar-refractivity contribution in [2.75, 3.05) is 30.3 Å². The molecule has 0 spiro atoms. The molecule has 2 aromatic heterocycles. The Morgan fingerprint density at radius 3 is 2.94 bits per heavy atom. The number of amides is 2. The zero-order valence-corrected chi connectivity index (χ0v) is 20.4. The highest BCUT2D eigenvalue weighted by Crippen LogP contribution is 2.27. The van der Waals surface area contributed by atoms with Gasteiger partial charge in [-0.1, -0.05) is 35.1 Å².